The van der Waals surface area contributed by atoms with Gasteiger partial charge in [-0.15, -0.1) is 0 Å². The second kappa shape index (κ2) is 9.87. The summed E-state index contributed by atoms with van der Waals surface area (Å²) in [7, 11) is 0. The van der Waals surface area contributed by atoms with Crippen molar-refractivity contribution in [3.8, 4) is 0 Å². The molecule has 0 unspecified atom stereocenters. The minimum Gasteiger partial charge on any atom is -0.368 e. The second-order valence-electron chi connectivity index (χ2n) is 6.36. The maximum absolute atomic E-state index is 12.3. The first-order chi connectivity index (χ1) is 12.1. The summed E-state index contributed by atoms with van der Waals surface area (Å²) >= 11 is 0. The van der Waals surface area contributed by atoms with E-state index < -0.39 is 0 Å². The lowest BCUT2D eigenvalue weighted by molar-refractivity contribution is -0.131. The number of nitrogens with zero attached hydrogens (tertiary/aromatic N) is 2. The quantitative estimate of drug-likeness (QED) is 0.611. The van der Waals surface area contributed by atoms with Gasteiger partial charge in [-0.2, -0.15) is 0 Å². The van der Waals surface area contributed by atoms with Crippen LogP contribution in [0.3, 0.4) is 0 Å². The van der Waals surface area contributed by atoms with Crippen molar-refractivity contribution in [1.82, 2.24) is 10.2 Å². The molecule has 0 bridgehead atoms. The zero-order chi connectivity index (χ0) is 18.1. The topological polar surface area (TPSA) is 52.7 Å². The Kier molecular flexibility index (Phi) is 7.51. The summed E-state index contributed by atoms with van der Waals surface area (Å²) in [6.45, 7) is 7.63. The normalized spacial score (nSPS) is 15.2. The molecule has 0 aliphatic carbocycles. The summed E-state index contributed by atoms with van der Waals surface area (Å²) in [5.74, 6) is 0.147. The molecular formula is C20H29N3O2. The van der Waals surface area contributed by atoms with Gasteiger partial charge in [0, 0.05) is 50.4 Å². The van der Waals surface area contributed by atoms with Crippen LogP contribution in [0.1, 0.15) is 33.1 Å². The monoisotopic (exact) mass is 343 g/mol. The molecule has 0 spiro atoms. The lowest BCUT2D eigenvalue weighted by atomic mass is 10.2. The molecule has 2 amide bonds. The van der Waals surface area contributed by atoms with E-state index in [1.807, 2.05) is 43.0 Å². The molecule has 0 aromatic heterocycles. The summed E-state index contributed by atoms with van der Waals surface area (Å²) in [4.78, 5) is 28.3. The van der Waals surface area contributed by atoms with Gasteiger partial charge in [-0.3, -0.25) is 9.59 Å². The van der Waals surface area contributed by atoms with Crippen molar-refractivity contribution in [3.63, 3.8) is 0 Å². The van der Waals surface area contributed by atoms with Crippen molar-refractivity contribution in [2.45, 2.75) is 33.1 Å². The van der Waals surface area contributed by atoms with Gasteiger partial charge < -0.3 is 15.1 Å². The molecule has 1 aromatic carbocycles. The molecule has 5 nitrogen and oxygen atoms in total. The number of benzene rings is 1. The van der Waals surface area contributed by atoms with Gasteiger partial charge in [-0.05, 0) is 31.9 Å². The average Bonchev–Trinajstić information content (AvgIpc) is 2.66. The van der Waals surface area contributed by atoms with Crippen LogP contribution in [0.25, 0.3) is 0 Å². The molecule has 1 aliphatic rings. The lowest BCUT2D eigenvalue weighted by Crippen LogP contribution is -2.48. The Balaban J connectivity index is 1.66. The third-order valence-electron chi connectivity index (χ3n) is 4.48. The van der Waals surface area contributed by atoms with Crippen LogP contribution in [-0.2, 0) is 9.59 Å². The van der Waals surface area contributed by atoms with E-state index >= 15 is 0 Å². The summed E-state index contributed by atoms with van der Waals surface area (Å²) in [5, 5.41) is 2.87. The van der Waals surface area contributed by atoms with E-state index in [2.05, 4.69) is 22.3 Å². The van der Waals surface area contributed by atoms with Crippen molar-refractivity contribution in [1.29, 1.82) is 0 Å². The number of hydrogen-bond donors (Lipinski definition) is 1. The van der Waals surface area contributed by atoms with Crippen LogP contribution in [0.2, 0.25) is 0 Å². The van der Waals surface area contributed by atoms with Crippen LogP contribution in [0.4, 0.5) is 5.69 Å². The molecular weight excluding hydrogens is 314 g/mol. The zero-order valence-electron chi connectivity index (χ0n) is 15.3. The number of amides is 2. The van der Waals surface area contributed by atoms with Gasteiger partial charge >= 0.3 is 0 Å². The molecule has 1 heterocycles. The zero-order valence-corrected chi connectivity index (χ0v) is 15.3. The first kappa shape index (κ1) is 19.0. The van der Waals surface area contributed by atoms with Crippen molar-refractivity contribution in [2.24, 2.45) is 0 Å². The van der Waals surface area contributed by atoms with Gasteiger partial charge in [-0.1, -0.05) is 31.2 Å². The molecule has 1 saturated heterocycles. The van der Waals surface area contributed by atoms with Crippen LogP contribution in [-0.4, -0.2) is 49.4 Å². The predicted molar refractivity (Wildman–Crippen MR) is 102 cm³/mol. The van der Waals surface area contributed by atoms with Crippen LogP contribution in [0.5, 0.6) is 0 Å². The number of allylic oxidation sites excluding steroid dienone is 1. The minimum absolute atomic E-state index is 0.0363. The molecule has 0 radical (unpaired) electrons. The number of anilines is 1. The van der Waals surface area contributed by atoms with E-state index in [9.17, 15) is 9.59 Å². The number of carbonyl (C=O) groups excluding carboxylic acids is 2. The maximum Gasteiger partial charge on any atom is 0.246 e. The molecule has 1 N–H and O–H groups in total. The number of piperazine rings is 1. The van der Waals surface area contributed by atoms with E-state index in [1.54, 1.807) is 0 Å². The fraction of sp³-hybridized carbons (Fsp3) is 0.500. The molecule has 0 saturated carbocycles. The van der Waals surface area contributed by atoms with E-state index in [4.69, 9.17) is 0 Å². The smallest absolute Gasteiger partial charge is 0.246 e. The van der Waals surface area contributed by atoms with Crippen LogP contribution in [0, 0.1) is 0 Å². The summed E-state index contributed by atoms with van der Waals surface area (Å²) < 4.78 is 0. The Hall–Kier alpha value is -2.30. The lowest BCUT2D eigenvalue weighted by Gasteiger charge is -2.36. The highest BCUT2D eigenvalue weighted by atomic mass is 16.2. The standard InChI is InChI=1S/C20H29N3O2/c1-3-8-17(2)20(25)21-12-7-11-19(24)23-15-13-22(14-16-23)18-9-5-4-6-10-18/h4-6,8-10H,3,7,11-16H2,1-2H3,(H,21,25). The number of hydrogen-bond acceptors (Lipinski definition) is 3. The van der Waals surface area contributed by atoms with Crippen LogP contribution in [0.15, 0.2) is 42.0 Å². The Morgan fingerprint density at radius 1 is 1.12 bits per heavy atom. The van der Waals surface area contributed by atoms with Crippen LogP contribution < -0.4 is 10.2 Å². The first-order valence-corrected chi connectivity index (χ1v) is 9.14. The van der Waals surface area contributed by atoms with Gasteiger partial charge in [0.05, 0.1) is 0 Å². The van der Waals surface area contributed by atoms with E-state index in [0.717, 1.165) is 38.2 Å². The highest BCUT2D eigenvalue weighted by molar-refractivity contribution is 5.92. The fourth-order valence-electron chi connectivity index (χ4n) is 2.99. The van der Waals surface area contributed by atoms with Gasteiger partial charge in [0.15, 0.2) is 0 Å². The van der Waals surface area contributed by atoms with Gasteiger partial charge in [0.2, 0.25) is 11.8 Å². The number of para-hydroxylation sites is 1. The number of rotatable bonds is 7. The summed E-state index contributed by atoms with van der Waals surface area (Å²) in [5.41, 5.74) is 1.96. The molecule has 1 aromatic rings. The van der Waals surface area contributed by atoms with Crippen molar-refractivity contribution >= 4 is 17.5 Å². The maximum atomic E-state index is 12.3. The first-order valence-electron chi connectivity index (χ1n) is 9.14. The molecule has 5 heteroatoms. The molecule has 25 heavy (non-hydrogen) atoms. The van der Waals surface area contributed by atoms with E-state index in [0.29, 0.717) is 19.4 Å². The number of carbonyl (C=O) groups is 2. The molecule has 2 rings (SSSR count). The van der Waals surface area contributed by atoms with Gasteiger partial charge in [0.1, 0.15) is 0 Å². The molecule has 0 atom stereocenters. The van der Waals surface area contributed by atoms with E-state index in [1.165, 1.54) is 5.69 Å². The average molecular weight is 343 g/mol. The third kappa shape index (κ3) is 5.93. The number of nitrogens with one attached hydrogen (secondary N) is 1. The Labute approximate surface area is 150 Å². The van der Waals surface area contributed by atoms with E-state index in [-0.39, 0.29) is 11.8 Å². The Bertz CT molecular complexity index is 590. The minimum atomic E-state index is -0.0363. The largest absolute Gasteiger partial charge is 0.368 e. The SMILES string of the molecule is CCC=C(C)C(=O)NCCCC(=O)N1CCN(c2ccccc2)CC1. The molecule has 1 aliphatic heterocycles. The fourth-order valence-corrected chi connectivity index (χ4v) is 2.99. The van der Waals surface area contributed by atoms with Crippen molar-refractivity contribution in [3.05, 3.63) is 42.0 Å². The third-order valence-corrected chi connectivity index (χ3v) is 4.48. The van der Waals surface area contributed by atoms with Crippen molar-refractivity contribution < 1.29 is 9.59 Å². The Morgan fingerprint density at radius 3 is 2.44 bits per heavy atom. The highest BCUT2D eigenvalue weighted by Crippen LogP contribution is 2.16. The van der Waals surface area contributed by atoms with Gasteiger partial charge in [-0.25, -0.2) is 0 Å². The highest BCUT2D eigenvalue weighted by Gasteiger charge is 2.20. The second-order valence-corrected chi connectivity index (χ2v) is 6.36. The molecule has 136 valence electrons. The molecule has 1 fully saturated rings. The predicted octanol–water partition coefficient (Wildman–Crippen LogP) is 2.59. The summed E-state index contributed by atoms with van der Waals surface area (Å²) in [6.07, 6.45) is 3.93. The Morgan fingerprint density at radius 2 is 1.80 bits per heavy atom. The van der Waals surface area contributed by atoms with Crippen LogP contribution >= 0.6 is 0 Å². The van der Waals surface area contributed by atoms with Crippen molar-refractivity contribution in [2.75, 3.05) is 37.6 Å². The summed E-state index contributed by atoms with van der Waals surface area (Å²) in [6, 6.07) is 10.3. The van der Waals surface area contributed by atoms with Gasteiger partial charge in [0.25, 0.3) is 0 Å².